The molecular formula is C27H27N5O2. The molecule has 2 atom stereocenters. The quantitative estimate of drug-likeness (QED) is 0.357. The number of benzene rings is 2. The maximum atomic E-state index is 12.7. The molecule has 1 saturated carbocycles. The van der Waals surface area contributed by atoms with E-state index in [1.807, 2.05) is 60.7 Å². The van der Waals surface area contributed by atoms with Crippen LogP contribution in [0.15, 0.2) is 72.6 Å². The summed E-state index contributed by atoms with van der Waals surface area (Å²) in [6.45, 7) is 1.72. The second-order valence-corrected chi connectivity index (χ2v) is 8.31. The highest BCUT2D eigenvalue weighted by Gasteiger charge is 2.29. The van der Waals surface area contributed by atoms with Gasteiger partial charge in [0.1, 0.15) is 35.5 Å². The van der Waals surface area contributed by atoms with E-state index in [0.717, 1.165) is 30.6 Å². The van der Waals surface area contributed by atoms with E-state index in [4.69, 9.17) is 10.5 Å². The molecule has 0 radical (unpaired) electrons. The molecule has 3 N–H and O–H groups in total. The van der Waals surface area contributed by atoms with Crippen LogP contribution in [0, 0.1) is 17.2 Å². The Morgan fingerprint density at radius 3 is 2.56 bits per heavy atom. The molecule has 0 amide bonds. The van der Waals surface area contributed by atoms with Gasteiger partial charge in [-0.1, -0.05) is 42.8 Å². The Hall–Kier alpha value is -4.18. The lowest BCUT2D eigenvalue weighted by atomic mass is 9.81. The van der Waals surface area contributed by atoms with Crippen LogP contribution in [-0.2, 0) is 4.79 Å². The molecule has 0 aliphatic heterocycles. The Morgan fingerprint density at radius 2 is 1.85 bits per heavy atom. The number of rotatable bonds is 7. The molecule has 7 nitrogen and oxygen atoms in total. The molecular weight excluding hydrogens is 426 g/mol. The van der Waals surface area contributed by atoms with Gasteiger partial charge >= 0.3 is 0 Å². The van der Waals surface area contributed by atoms with Crippen LogP contribution >= 0.6 is 0 Å². The first-order valence-corrected chi connectivity index (χ1v) is 11.4. The molecule has 0 saturated heterocycles. The average molecular weight is 454 g/mol. The number of Topliss-reactive ketones (excluding diaryl/α,β-unsaturated/α-hetero) is 1. The molecule has 0 spiro atoms. The highest BCUT2D eigenvalue weighted by molar-refractivity contribution is 6.00. The molecule has 1 fully saturated rings. The Morgan fingerprint density at radius 1 is 1.12 bits per heavy atom. The molecule has 1 aliphatic carbocycles. The zero-order valence-electron chi connectivity index (χ0n) is 19.1. The summed E-state index contributed by atoms with van der Waals surface area (Å²) in [5.41, 5.74) is 8.07. The van der Waals surface area contributed by atoms with Crippen LogP contribution in [0.1, 0.15) is 32.6 Å². The van der Waals surface area contributed by atoms with Crippen LogP contribution < -0.4 is 15.8 Å². The largest absolute Gasteiger partial charge is 0.457 e. The van der Waals surface area contributed by atoms with Crippen LogP contribution in [-0.4, -0.2) is 21.8 Å². The predicted octanol–water partition coefficient (Wildman–Crippen LogP) is 5.53. The molecule has 3 aromatic rings. The smallest absolute Gasteiger partial charge is 0.176 e. The van der Waals surface area contributed by atoms with Gasteiger partial charge in [-0.2, -0.15) is 5.26 Å². The Bertz CT molecular complexity index is 1220. The van der Waals surface area contributed by atoms with Gasteiger partial charge in [-0.05, 0) is 56.0 Å². The molecule has 1 heterocycles. The van der Waals surface area contributed by atoms with E-state index in [0.29, 0.717) is 29.4 Å². The van der Waals surface area contributed by atoms with Gasteiger partial charge in [-0.15, -0.1) is 0 Å². The zero-order valence-corrected chi connectivity index (χ0v) is 19.1. The van der Waals surface area contributed by atoms with Crippen LogP contribution in [0.5, 0.6) is 11.5 Å². The number of hydrogen-bond donors (Lipinski definition) is 2. The molecule has 34 heavy (non-hydrogen) atoms. The van der Waals surface area contributed by atoms with Crippen LogP contribution in [0.2, 0.25) is 0 Å². The van der Waals surface area contributed by atoms with E-state index >= 15 is 0 Å². The van der Waals surface area contributed by atoms with Gasteiger partial charge in [0.25, 0.3) is 0 Å². The molecule has 4 rings (SSSR count). The van der Waals surface area contributed by atoms with Crippen molar-refractivity contribution >= 4 is 17.4 Å². The van der Waals surface area contributed by atoms with Crippen molar-refractivity contribution in [3.05, 3.63) is 72.6 Å². The minimum Gasteiger partial charge on any atom is -0.457 e. The van der Waals surface area contributed by atoms with E-state index in [9.17, 15) is 10.1 Å². The number of para-hydroxylation sites is 1. The molecule has 1 aromatic heterocycles. The summed E-state index contributed by atoms with van der Waals surface area (Å²) in [6, 6.07) is 19.3. The number of hydrogen-bond acceptors (Lipinski definition) is 7. The first-order chi connectivity index (χ1) is 16.6. The topological polar surface area (TPSA) is 114 Å². The predicted molar refractivity (Wildman–Crippen MR) is 132 cm³/mol. The van der Waals surface area contributed by atoms with Crippen LogP contribution in [0.4, 0.5) is 11.6 Å². The second kappa shape index (κ2) is 10.6. The number of nitrogens with one attached hydrogen (secondary N) is 1. The molecule has 0 bridgehead atoms. The summed E-state index contributed by atoms with van der Waals surface area (Å²) in [5.74, 6) is 2.24. The highest BCUT2D eigenvalue weighted by Crippen LogP contribution is 2.35. The monoisotopic (exact) mass is 453 g/mol. The van der Waals surface area contributed by atoms with Crippen molar-refractivity contribution in [2.75, 3.05) is 11.1 Å². The third kappa shape index (κ3) is 5.24. The first kappa shape index (κ1) is 23.0. The highest BCUT2D eigenvalue weighted by atomic mass is 16.5. The SMILES string of the molecule is CC=C(C#N)C(=O)[C@H]1CCCC(Nc2ncnc(N)c2-c2ccc(Oc3ccccc3)cc2)C1. The first-order valence-electron chi connectivity index (χ1n) is 11.4. The van der Waals surface area contributed by atoms with Crippen LogP contribution in [0.25, 0.3) is 11.1 Å². The van der Waals surface area contributed by atoms with Gasteiger partial charge in [0.2, 0.25) is 0 Å². The lowest BCUT2D eigenvalue weighted by Crippen LogP contribution is -2.32. The van der Waals surface area contributed by atoms with Crippen molar-refractivity contribution in [2.24, 2.45) is 5.92 Å². The Balaban J connectivity index is 1.52. The van der Waals surface area contributed by atoms with Crippen LogP contribution in [0.3, 0.4) is 0 Å². The molecule has 2 aromatic carbocycles. The number of ether oxygens (including phenoxy) is 1. The number of ketones is 1. The minimum absolute atomic E-state index is 0.0493. The van der Waals surface area contributed by atoms with Crippen molar-refractivity contribution < 1.29 is 9.53 Å². The number of nitriles is 1. The van der Waals surface area contributed by atoms with E-state index in [2.05, 4.69) is 15.3 Å². The number of carbonyl (C=O) groups excluding carboxylic acids is 1. The summed E-state index contributed by atoms with van der Waals surface area (Å²) in [7, 11) is 0. The van der Waals surface area contributed by atoms with Gasteiger partial charge in [0.05, 0.1) is 11.1 Å². The number of nitrogens with zero attached hydrogens (tertiary/aromatic N) is 3. The van der Waals surface area contributed by atoms with Gasteiger partial charge in [-0.3, -0.25) is 4.79 Å². The average Bonchev–Trinajstić information content (AvgIpc) is 2.86. The van der Waals surface area contributed by atoms with Crippen molar-refractivity contribution in [3.8, 4) is 28.7 Å². The maximum Gasteiger partial charge on any atom is 0.176 e. The summed E-state index contributed by atoms with van der Waals surface area (Å²) in [5, 5.41) is 12.7. The third-order valence-electron chi connectivity index (χ3n) is 6.06. The van der Waals surface area contributed by atoms with Crippen molar-refractivity contribution in [1.29, 1.82) is 5.26 Å². The standard InChI is InChI=1S/C27H27N5O2/c1-2-18(16-28)25(33)20-7-6-8-21(15-20)32-27-24(26(29)30-17-31-27)19-11-13-23(14-12-19)34-22-9-4-3-5-10-22/h2-5,9-14,17,20-21H,6-8,15H2,1H3,(H3,29,30,31,32)/t20-,21?/m0/s1. The number of carbonyl (C=O) groups is 1. The van der Waals surface area contributed by atoms with Gasteiger partial charge < -0.3 is 15.8 Å². The summed E-state index contributed by atoms with van der Waals surface area (Å²) >= 11 is 0. The minimum atomic E-state index is -0.172. The third-order valence-corrected chi connectivity index (χ3v) is 6.06. The van der Waals surface area contributed by atoms with Crippen molar-refractivity contribution in [3.63, 3.8) is 0 Å². The zero-order chi connectivity index (χ0) is 23.9. The summed E-state index contributed by atoms with van der Waals surface area (Å²) < 4.78 is 5.89. The van der Waals surface area contributed by atoms with Gasteiger partial charge in [0.15, 0.2) is 5.78 Å². The Labute approximate surface area is 199 Å². The van der Waals surface area contributed by atoms with Crippen molar-refractivity contribution in [2.45, 2.75) is 38.6 Å². The Kier molecular flexibility index (Phi) is 7.19. The maximum absolute atomic E-state index is 12.7. The van der Waals surface area contributed by atoms with E-state index in [1.165, 1.54) is 6.33 Å². The number of nitrogens with two attached hydrogens (primary N) is 1. The number of aromatic nitrogens is 2. The number of nitrogen functional groups attached to an aromatic ring is 1. The molecule has 1 aliphatic rings. The number of allylic oxidation sites excluding steroid dienone is 2. The fourth-order valence-corrected chi connectivity index (χ4v) is 4.34. The summed E-state index contributed by atoms with van der Waals surface area (Å²) in [4.78, 5) is 21.3. The normalized spacial score (nSPS) is 18.1. The summed E-state index contributed by atoms with van der Waals surface area (Å²) in [6.07, 6.45) is 6.27. The fraction of sp³-hybridized carbons (Fsp3) is 0.259. The van der Waals surface area contributed by atoms with E-state index in [1.54, 1.807) is 13.0 Å². The van der Waals surface area contributed by atoms with Crippen molar-refractivity contribution in [1.82, 2.24) is 9.97 Å². The molecule has 172 valence electrons. The lowest BCUT2D eigenvalue weighted by Gasteiger charge is -2.29. The van der Waals surface area contributed by atoms with Gasteiger partial charge in [-0.25, -0.2) is 9.97 Å². The number of anilines is 2. The molecule has 1 unspecified atom stereocenters. The van der Waals surface area contributed by atoms with Gasteiger partial charge in [0, 0.05) is 12.0 Å². The molecule has 7 heteroatoms. The fourth-order valence-electron chi connectivity index (χ4n) is 4.34. The van der Waals surface area contributed by atoms with E-state index < -0.39 is 0 Å². The van der Waals surface area contributed by atoms with E-state index in [-0.39, 0.29) is 23.3 Å². The second-order valence-electron chi connectivity index (χ2n) is 8.31. The lowest BCUT2D eigenvalue weighted by molar-refractivity contribution is -0.119.